The Hall–Kier alpha value is -2.28. The van der Waals surface area contributed by atoms with Crippen LogP contribution in [0.25, 0.3) is 11.1 Å². The van der Waals surface area contributed by atoms with Gasteiger partial charge in [0.15, 0.2) is 5.58 Å². The van der Waals surface area contributed by atoms with Gasteiger partial charge in [-0.15, -0.1) is 0 Å². The highest BCUT2D eigenvalue weighted by Gasteiger charge is 2.15. The van der Waals surface area contributed by atoms with Crippen LogP contribution in [0.15, 0.2) is 51.7 Å². The van der Waals surface area contributed by atoms with E-state index in [0.717, 1.165) is 12.1 Å². The molecule has 0 aliphatic carbocycles. The third kappa shape index (κ3) is 5.63. The van der Waals surface area contributed by atoms with Gasteiger partial charge in [0.05, 0.1) is 5.52 Å². The summed E-state index contributed by atoms with van der Waals surface area (Å²) in [4.78, 5) is 26.5. The van der Waals surface area contributed by atoms with Gasteiger partial charge in [0.2, 0.25) is 5.91 Å². The Morgan fingerprint density at radius 1 is 1.14 bits per heavy atom. The number of likely N-dealkylation sites (N-methyl/N-ethyl adjacent to an activating group) is 1. The van der Waals surface area contributed by atoms with E-state index in [-0.39, 0.29) is 24.8 Å². The molecule has 1 atom stereocenters. The SMILES string of the molecule is CN(C)C[C@@H](CNC(=O)CCn1c(=O)oc2cc(Cl)ccc21)c1ccc(Cl)cc1. The number of carbonyl (C=O) groups excluding carboxylic acids is 1. The molecule has 0 aliphatic rings. The van der Waals surface area contributed by atoms with Crippen LogP contribution in [0.2, 0.25) is 10.0 Å². The molecule has 0 unspecified atom stereocenters. The molecule has 3 rings (SSSR count). The molecule has 0 aliphatic heterocycles. The Kier molecular flexibility index (Phi) is 7.00. The van der Waals surface area contributed by atoms with Crippen molar-refractivity contribution >= 4 is 40.2 Å². The van der Waals surface area contributed by atoms with Crippen LogP contribution in [0, 0.1) is 0 Å². The highest BCUT2D eigenvalue weighted by atomic mass is 35.5. The number of nitrogens with one attached hydrogen (secondary N) is 1. The summed E-state index contributed by atoms with van der Waals surface area (Å²) >= 11 is 11.9. The lowest BCUT2D eigenvalue weighted by atomic mass is 9.98. The molecule has 29 heavy (non-hydrogen) atoms. The molecule has 0 bridgehead atoms. The lowest BCUT2D eigenvalue weighted by Gasteiger charge is -2.22. The molecule has 1 N–H and O–H groups in total. The number of benzene rings is 2. The molecule has 2 aromatic carbocycles. The van der Waals surface area contributed by atoms with Crippen molar-refractivity contribution in [1.82, 2.24) is 14.8 Å². The van der Waals surface area contributed by atoms with Crippen LogP contribution >= 0.6 is 23.2 Å². The highest BCUT2D eigenvalue weighted by Crippen LogP contribution is 2.20. The van der Waals surface area contributed by atoms with E-state index >= 15 is 0 Å². The van der Waals surface area contributed by atoms with Crippen molar-refractivity contribution in [2.24, 2.45) is 0 Å². The average molecular weight is 436 g/mol. The van der Waals surface area contributed by atoms with Crippen molar-refractivity contribution in [3.05, 3.63) is 68.6 Å². The fourth-order valence-electron chi connectivity index (χ4n) is 3.25. The number of fused-ring (bicyclic) bond motifs is 1. The summed E-state index contributed by atoms with van der Waals surface area (Å²) in [5.41, 5.74) is 2.15. The number of aromatic nitrogens is 1. The van der Waals surface area contributed by atoms with E-state index in [2.05, 4.69) is 10.2 Å². The molecule has 154 valence electrons. The maximum Gasteiger partial charge on any atom is 0.419 e. The van der Waals surface area contributed by atoms with Crippen molar-refractivity contribution in [3.63, 3.8) is 0 Å². The molecular weight excluding hydrogens is 413 g/mol. The van der Waals surface area contributed by atoms with Crippen LogP contribution in [0.4, 0.5) is 0 Å². The van der Waals surface area contributed by atoms with E-state index in [4.69, 9.17) is 27.6 Å². The van der Waals surface area contributed by atoms with Crippen molar-refractivity contribution < 1.29 is 9.21 Å². The summed E-state index contributed by atoms with van der Waals surface area (Å²) in [6.07, 6.45) is 0.173. The van der Waals surface area contributed by atoms with E-state index in [1.807, 2.05) is 38.4 Å². The average Bonchev–Trinajstić information content (AvgIpc) is 2.98. The van der Waals surface area contributed by atoms with Gasteiger partial charge in [0, 0.05) is 48.1 Å². The number of oxazole rings is 1. The zero-order valence-electron chi connectivity index (χ0n) is 16.3. The Bertz CT molecular complexity index is 1040. The maximum atomic E-state index is 12.4. The third-order valence-corrected chi connectivity index (χ3v) is 5.15. The van der Waals surface area contributed by atoms with Crippen LogP contribution in [0.5, 0.6) is 0 Å². The molecule has 8 heteroatoms. The molecule has 1 amide bonds. The van der Waals surface area contributed by atoms with E-state index in [9.17, 15) is 9.59 Å². The monoisotopic (exact) mass is 435 g/mol. The number of rotatable bonds is 8. The van der Waals surface area contributed by atoms with Gasteiger partial charge in [-0.2, -0.15) is 0 Å². The standard InChI is InChI=1S/C21H23Cl2N3O3/c1-25(2)13-15(14-3-5-16(22)6-4-14)12-24-20(27)9-10-26-18-8-7-17(23)11-19(18)29-21(26)28/h3-8,11,15H,9-10,12-13H2,1-2H3,(H,24,27)/t15-/m1/s1. The number of carbonyl (C=O) groups is 1. The Morgan fingerprint density at radius 3 is 2.52 bits per heavy atom. The minimum atomic E-state index is -0.498. The van der Waals surface area contributed by atoms with Crippen molar-refractivity contribution in [1.29, 1.82) is 0 Å². The third-order valence-electron chi connectivity index (χ3n) is 4.67. The van der Waals surface area contributed by atoms with Crippen LogP contribution in [-0.2, 0) is 11.3 Å². The number of aryl methyl sites for hydroxylation is 1. The first-order chi connectivity index (χ1) is 13.8. The predicted octanol–water partition coefficient (Wildman–Crippen LogP) is 3.75. The molecule has 0 radical (unpaired) electrons. The van der Waals surface area contributed by atoms with Gasteiger partial charge in [-0.05, 0) is 43.9 Å². The van der Waals surface area contributed by atoms with Gasteiger partial charge >= 0.3 is 5.76 Å². The fraction of sp³-hybridized carbons (Fsp3) is 0.333. The molecule has 0 saturated heterocycles. The summed E-state index contributed by atoms with van der Waals surface area (Å²) in [6, 6.07) is 12.7. The fourth-order valence-corrected chi connectivity index (χ4v) is 3.54. The number of hydrogen-bond acceptors (Lipinski definition) is 4. The van der Waals surface area contributed by atoms with E-state index < -0.39 is 5.76 Å². The zero-order chi connectivity index (χ0) is 21.0. The van der Waals surface area contributed by atoms with Gasteiger partial charge in [-0.1, -0.05) is 35.3 Å². The summed E-state index contributed by atoms with van der Waals surface area (Å²) in [6.45, 7) is 1.52. The summed E-state index contributed by atoms with van der Waals surface area (Å²) in [5.74, 6) is -0.495. The molecule has 0 fully saturated rings. The molecule has 1 heterocycles. The van der Waals surface area contributed by atoms with Gasteiger partial charge in [-0.3, -0.25) is 9.36 Å². The first-order valence-electron chi connectivity index (χ1n) is 9.29. The Morgan fingerprint density at radius 2 is 1.83 bits per heavy atom. The lowest BCUT2D eigenvalue weighted by molar-refractivity contribution is -0.121. The van der Waals surface area contributed by atoms with Crippen LogP contribution < -0.4 is 11.1 Å². The first kappa shape index (κ1) is 21.4. The van der Waals surface area contributed by atoms with Crippen molar-refractivity contribution in [3.8, 4) is 0 Å². The maximum absolute atomic E-state index is 12.4. The van der Waals surface area contributed by atoms with Gasteiger partial charge in [0.1, 0.15) is 0 Å². The topological polar surface area (TPSA) is 67.5 Å². The zero-order valence-corrected chi connectivity index (χ0v) is 17.8. The second-order valence-electron chi connectivity index (χ2n) is 7.20. The quantitative estimate of drug-likeness (QED) is 0.584. The summed E-state index contributed by atoms with van der Waals surface area (Å²) < 4.78 is 6.64. The molecule has 0 saturated carbocycles. The number of amides is 1. The van der Waals surface area contributed by atoms with Crippen molar-refractivity contribution in [2.75, 3.05) is 27.2 Å². The largest absolute Gasteiger partial charge is 0.419 e. The van der Waals surface area contributed by atoms with Gasteiger partial charge in [0.25, 0.3) is 0 Å². The van der Waals surface area contributed by atoms with Crippen LogP contribution in [0.3, 0.4) is 0 Å². The van der Waals surface area contributed by atoms with E-state index in [1.54, 1.807) is 18.2 Å². The van der Waals surface area contributed by atoms with Crippen molar-refractivity contribution in [2.45, 2.75) is 18.9 Å². The Balaban J connectivity index is 1.62. The first-order valence-corrected chi connectivity index (χ1v) is 10.0. The van der Waals surface area contributed by atoms with E-state index in [1.165, 1.54) is 4.57 Å². The van der Waals surface area contributed by atoms with Gasteiger partial charge < -0.3 is 14.6 Å². The molecule has 3 aromatic rings. The Labute approximate surface area is 179 Å². The molecule has 6 nitrogen and oxygen atoms in total. The minimum Gasteiger partial charge on any atom is -0.408 e. The normalized spacial score (nSPS) is 12.4. The van der Waals surface area contributed by atoms with Gasteiger partial charge in [-0.25, -0.2) is 4.79 Å². The predicted molar refractivity (Wildman–Crippen MR) is 116 cm³/mol. The molecule has 1 aromatic heterocycles. The van der Waals surface area contributed by atoms with Crippen LogP contribution in [-0.4, -0.2) is 42.6 Å². The smallest absolute Gasteiger partial charge is 0.408 e. The lowest BCUT2D eigenvalue weighted by Crippen LogP contribution is -2.33. The molecule has 0 spiro atoms. The van der Waals surface area contributed by atoms with Crippen LogP contribution in [0.1, 0.15) is 17.9 Å². The number of halogens is 2. The second-order valence-corrected chi connectivity index (χ2v) is 8.07. The second kappa shape index (κ2) is 9.48. The summed E-state index contributed by atoms with van der Waals surface area (Å²) in [7, 11) is 3.99. The van der Waals surface area contributed by atoms with E-state index in [0.29, 0.717) is 27.7 Å². The summed E-state index contributed by atoms with van der Waals surface area (Å²) in [5, 5.41) is 4.15. The number of hydrogen-bond donors (Lipinski definition) is 1. The number of nitrogens with zero attached hydrogens (tertiary/aromatic N) is 2. The minimum absolute atomic E-state index is 0.127. The highest BCUT2D eigenvalue weighted by molar-refractivity contribution is 6.31. The molecular formula is C21H23Cl2N3O3.